The first-order valence-electron chi connectivity index (χ1n) is 6.42. The van der Waals surface area contributed by atoms with Crippen LogP contribution in [0.25, 0.3) is 5.69 Å². The van der Waals surface area contributed by atoms with Crippen molar-refractivity contribution in [1.29, 1.82) is 0 Å². The Morgan fingerprint density at radius 2 is 2.05 bits per heavy atom. The van der Waals surface area contributed by atoms with Gasteiger partial charge in [-0.2, -0.15) is 5.10 Å². The third-order valence-corrected chi connectivity index (χ3v) is 3.22. The van der Waals surface area contributed by atoms with Gasteiger partial charge >= 0.3 is 0 Å². The van der Waals surface area contributed by atoms with E-state index in [-0.39, 0.29) is 0 Å². The van der Waals surface area contributed by atoms with Gasteiger partial charge in [-0.15, -0.1) is 0 Å². The van der Waals surface area contributed by atoms with Crippen LogP contribution in [0.2, 0.25) is 0 Å². The molecule has 19 heavy (non-hydrogen) atoms. The van der Waals surface area contributed by atoms with Crippen LogP contribution in [0.5, 0.6) is 0 Å². The number of nitrogens with two attached hydrogens (primary N) is 1. The van der Waals surface area contributed by atoms with Gasteiger partial charge in [0.2, 0.25) is 0 Å². The molecule has 1 aromatic heterocycles. The highest BCUT2D eigenvalue weighted by molar-refractivity contribution is 7.80. The molecule has 100 valence electrons. The van der Waals surface area contributed by atoms with Crippen LogP contribution < -0.4 is 5.73 Å². The Balaban J connectivity index is 2.66. The maximum absolute atomic E-state index is 5.80. The van der Waals surface area contributed by atoms with E-state index < -0.39 is 0 Å². The molecule has 1 aromatic carbocycles. The quantitative estimate of drug-likeness (QED) is 0.869. The Hall–Kier alpha value is -1.75. The first-order valence-corrected chi connectivity index (χ1v) is 6.83. The van der Waals surface area contributed by atoms with Gasteiger partial charge in [0.1, 0.15) is 10.8 Å². The summed E-state index contributed by atoms with van der Waals surface area (Å²) in [4.78, 5) is 4.90. The number of hydrogen-bond acceptors (Lipinski definition) is 3. The van der Waals surface area contributed by atoms with Crippen molar-refractivity contribution in [2.75, 3.05) is 0 Å². The standard InChI is InChI=1S/C14H18N4S/c1-4-12-16-13(5-2)18(17-12)11-8-9(3)6-7-10(11)14(15)19/h6-8H,4-5H2,1-3H3,(H2,15,19). The van der Waals surface area contributed by atoms with Gasteiger partial charge in [-0.05, 0) is 24.6 Å². The monoisotopic (exact) mass is 274 g/mol. The minimum atomic E-state index is 0.380. The average Bonchev–Trinajstić information content (AvgIpc) is 2.81. The predicted octanol–water partition coefficient (Wildman–Crippen LogP) is 2.33. The summed E-state index contributed by atoms with van der Waals surface area (Å²) in [5.74, 6) is 1.77. The molecule has 4 nitrogen and oxygen atoms in total. The number of thiocarbonyl (C=S) groups is 1. The third-order valence-electron chi connectivity index (χ3n) is 3.00. The lowest BCUT2D eigenvalue weighted by molar-refractivity contribution is 0.789. The van der Waals surface area contributed by atoms with Gasteiger partial charge in [-0.25, -0.2) is 9.67 Å². The number of rotatable bonds is 4. The van der Waals surface area contributed by atoms with E-state index >= 15 is 0 Å². The molecule has 0 radical (unpaired) electrons. The molecule has 2 rings (SSSR count). The number of aromatic nitrogens is 3. The van der Waals surface area contributed by atoms with Crippen molar-refractivity contribution in [3.05, 3.63) is 41.0 Å². The summed E-state index contributed by atoms with van der Waals surface area (Å²) in [6, 6.07) is 5.99. The van der Waals surface area contributed by atoms with Crippen molar-refractivity contribution < 1.29 is 0 Å². The molecule has 0 amide bonds. The van der Waals surface area contributed by atoms with E-state index in [2.05, 4.69) is 17.0 Å². The van der Waals surface area contributed by atoms with Crippen LogP contribution in [0, 0.1) is 6.92 Å². The highest BCUT2D eigenvalue weighted by Crippen LogP contribution is 2.18. The molecular weight excluding hydrogens is 256 g/mol. The van der Waals surface area contributed by atoms with Crippen molar-refractivity contribution in [3.63, 3.8) is 0 Å². The molecule has 0 aliphatic carbocycles. The lowest BCUT2D eigenvalue weighted by atomic mass is 10.1. The molecule has 2 aromatic rings. The number of aryl methyl sites for hydroxylation is 3. The Kier molecular flexibility index (Phi) is 3.95. The van der Waals surface area contributed by atoms with Gasteiger partial charge in [0.05, 0.1) is 5.69 Å². The predicted molar refractivity (Wildman–Crippen MR) is 80.7 cm³/mol. The molecule has 0 unspecified atom stereocenters. The fraction of sp³-hybridized carbons (Fsp3) is 0.357. The molecule has 0 spiro atoms. The first-order chi connectivity index (χ1) is 9.06. The van der Waals surface area contributed by atoms with Crippen molar-refractivity contribution in [3.8, 4) is 5.69 Å². The summed E-state index contributed by atoms with van der Waals surface area (Å²) in [6.07, 6.45) is 1.63. The van der Waals surface area contributed by atoms with E-state index in [1.54, 1.807) is 0 Å². The summed E-state index contributed by atoms with van der Waals surface area (Å²) in [5, 5.41) is 4.54. The summed E-state index contributed by atoms with van der Waals surface area (Å²) < 4.78 is 1.86. The topological polar surface area (TPSA) is 56.7 Å². The zero-order valence-corrected chi connectivity index (χ0v) is 12.3. The largest absolute Gasteiger partial charge is 0.389 e. The van der Waals surface area contributed by atoms with Crippen LogP contribution in [-0.2, 0) is 12.8 Å². The number of benzene rings is 1. The molecule has 0 bridgehead atoms. The second kappa shape index (κ2) is 5.48. The van der Waals surface area contributed by atoms with E-state index in [0.29, 0.717) is 4.99 Å². The van der Waals surface area contributed by atoms with Crippen LogP contribution in [0.3, 0.4) is 0 Å². The van der Waals surface area contributed by atoms with E-state index in [1.165, 1.54) is 0 Å². The fourth-order valence-corrected chi connectivity index (χ4v) is 2.16. The maximum Gasteiger partial charge on any atom is 0.151 e. The molecule has 0 saturated carbocycles. The SMILES string of the molecule is CCc1nc(CC)n(-c2cc(C)ccc2C(N)=S)n1. The smallest absolute Gasteiger partial charge is 0.151 e. The first kappa shape index (κ1) is 13.7. The van der Waals surface area contributed by atoms with Crippen molar-refractivity contribution in [2.45, 2.75) is 33.6 Å². The minimum absolute atomic E-state index is 0.380. The molecule has 0 saturated heterocycles. The van der Waals surface area contributed by atoms with E-state index in [0.717, 1.165) is 41.3 Å². The Morgan fingerprint density at radius 3 is 2.63 bits per heavy atom. The number of hydrogen-bond donors (Lipinski definition) is 1. The Bertz CT molecular complexity index is 616. The van der Waals surface area contributed by atoms with Crippen LogP contribution in [0.4, 0.5) is 0 Å². The van der Waals surface area contributed by atoms with Gasteiger partial charge in [-0.3, -0.25) is 0 Å². The van der Waals surface area contributed by atoms with Crippen molar-refractivity contribution >= 4 is 17.2 Å². The second-order valence-corrected chi connectivity index (χ2v) is 4.89. The third kappa shape index (κ3) is 2.66. The summed E-state index contributed by atoms with van der Waals surface area (Å²) in [6.45, 7) is 6.15. The van der Waals surface area contributed by atoms with Gasteiger partial charge in [-0.1, -0.05) is 32.1 Å². The van der Waals surface area contributed by atoms with Crippen LogP contribution in [0.15, 0.2) is 18.2 Å². The molecule has 2 N–H and O–H groups in total. The lowest BCUT2D eigenvalue weighted by Crippen LogP contribution is -2.15. The Labute approximate surface area is 118 Å². The molecule has 0 aliphatic heterocycles. The average molecular weight is 274 g/mol. The lowest BCUT2D eigenvalue weighted by Gasteiger charge is -2.11. The zero-order chi connectivity index (χ0) is 14.0. The molecule has 0 atom stereocenters. The van der Waals surface area contributed by atoms with E-state index in [9.17, 15) is 0 Å². The molecule has 0 aliphatic rings. The van der Waals surface area contributed by atoms with Crippen molar-refractivity contribution in [1.82, 2.24) is 14.8 Å². The molecule has 5 heteroatoms. The van der Waals surface area contributed by atoms with Gasteiger partial charge < -0.3 is 5.73 Å². The van der Waals surface area contributed by atoms with E-state index in [4.69, 9.17) is 18.0 Å². The van der Waals surface area contributed by atoms with Gasteiger partial charge in [0.25, 0.3) is 0 Å². The zero-order valence-electron chi connectivity index (χ0n) is 11.5. The maximum atomic E-state index is 5.80. The molecule has 0 fully saturated rings. The van der Waals surface area contributed by atoms with Gasteiger partial charge in [0, 0.05) is 18.4 Å². The van der Waals surface area contributed by atoms with Crippen LogP contribution in [0.1, 0.15) is 36.6 Å². The van der Waals surface area contributed by atoms with Gasteiger partial charge in [0.15, 0.2) is 5.82 Å². The minimum Gasteiger partial charge on any atom is -0.389 e. The molecule has 1 heterocycles. The number of nitrogens with zero attached hydrogens (tertiary/aromatic N) is 3. The summed E-state index contributed by atoms with van der Waals surface area (Å²) >= 11 is 5.12. The normalized spacial score (nSPS) is 10.7. The van der Waals surface area contributed by atoms with Crippen LogP contribution in [-0.4, -0.2) is 19.8 Å². The summed E-state index contributed by atoms with van der Waals surface area (Å²) in [7, 11) is 0. The Morgan fingerprint density at radius 1 is 1.32 bits per heavy atom. The molecular formula is C14H18N4S. The van der Waals surface area contributed by atoms with Crippen molar-refractivity contribution in [2.24, 2.45) is 5.73 Å². The second-order valence-electron chi connectivity index (χ2n) is 4.45. The fourth-order valence-electron chi connectivity index (χ4n) is 1.99. The highest BCUT2D eigenvalue weighted by atomic mass is 32.1. The van der Waals surface area contributed by atoms with E-state index in [1.807, 2.05) is 36.7 Å². The summed E-state index contributed by atoms with van der Waals surface area (Å²) in [5.41, 5.74) is 8.70. The highest BCUT2D eigenvalue weighted by Gasteiger charge is 2.14. The van der Waals surface area contributed by atoms with Crippen LogP contribution >= 0.6 is 12.2 Å².